The van der Waals surface area contributed by atoms with Crippen molar-refractivity contribution < 1.29 is 0 Å². The van der Waals surface area contributed by atoms with E-state index in [1.165, 1.54) is 22.3 Å². The molecule has 2 aliphatic heterocycles. The fourth-order valence-electron chi connectivity index (χ4n) is 6.11. The molecule has 4 aromatic carbocycles. The molecule has 2 fully saturated rings. The van der Waals surface area contributed by atoms with Crippen LogP contribution >= 0.6 is 0 Å². The van der Waals surface area contributed by atoms with E-state index in [1.807, 2.05) is 0 Å². The van der Waals surface area contributed by atoms with Gasteiger partial charge in [-0.2, -0.15) is 0 Å². The number of nitrogens with zero attached hydrogens (tertiary/aromatic N) is 2. The zero-order valence-electron chi connectivity index (χ0n) is 21.0. The summed E-state index contributed by atoms with van der Waals surface area (Å²) < 4.78 is 0. The Balaban J connectivity index is 1.12. The van der Waals surface area contributed by atoms with Crippen LogP contribution in [0, 0.1) is 0 Å². The highest BCUT2D eigenvalue weighted by molar-refractivity contribution is 5.26. The first-order chi connectivity index (χ1) is 17.8. The lowest BCUT2D eigenvalue weighted by Crippen LogP contribution is -2.19. The standard InChI is InChI=1S/C34H36N2/c1-5-13-27(14-6-1)23-31-32(24-28-15-7-2-8-16-28)35(31)21-22-36-33(25-29-17-9-3-10-18-29)34(36)26-30-19-11-4-12-20-30/h1-20,31-34H,21-26H2/t31-,32-,33-,34-/m0/s1. The third-order valence-corrected chi connectivity index (χ3v) is 8.18. The van der Waals surface area contributed by atoms with Crippen LogP contribution < -0.4 is 0 Å². The average Bonchev–Trinajstić information content (AvgIpc) is 3.79. The molecule has 0 bridgehead atoms. The fraction of sp³-hybridized carbons (Fsp3) is 0.294. The first-order valence-electron chi connectivity index (χ1n) is 13.5. The van der Waals surface area contributed by atoms with E-state index in [9.17, 15) is 0 Å². The van der Waals surface area contributed by atoms with Crippen molar-refractivity contribution in [3.8, 4) is 0 Å². The Bertz CT molecular complexity index is 1020. The Morgan fingerprint density at radius 1 is 0.333 bits per heavy atom. The van der Waals surface area contributed by atoms with E-state index in [0.29, 0.717) is 24.2 Å². The van der Waals surface area contributed by atoms with Gasteiger partial charge in [-0.25, -0.2) is 0 Å². The van der Waals surface area contributed by atoms with E-state index in [2.05, 4.69) is 131 Å². The van der Waals surface area contributed by atoms with Crippen molar-refractivity contribution in [3.05, 3.63) is 144 Å². The lowest BCUT2D eigenvalue weighted by Gasteiger charge is -2.08. The Morgan fingerprint density at radius 3 is 0.778 bits per heavy atom. The summed E-state index contributed by atoms with van der Waals surface area (Å²) in [6.07, 6.45) is 4.61. The fourth-order valence-corrected chi connectivity index (χ4v) is 6.11. The first-order valence-corrected chi connectivity index (χ1v) is 13.5. The van der Waals surface area contributed by atoms with Crippen LogP contribution in [-0.4, -0.2) is 47.1 Å². The first kappa shape index (κ1) is 23.2. The van der Waals surface area contributed by atoms with Gasteiger partial charge in [0.1, 0.15) is 0 Å². The van der Waals surface area contributed by atoms with Gasteiger partial charge in [0, 0.05) is 37.3 Å². The topological polar surface area (TPSA) is 6.02 Å². The molecule has 6 rings (SSSR count). The third kappa shape index (κ3) is 5.61. The van der Waals surface area contributed by atoms with Gasteiger partial charge >= 0.3 is 0 Å². The molecule has 0 spiro atoms. The number of hydrogen-bond donors (Lipinski definition) is 0. The van der Waals surface area contributed by atoms with Gasteiger partial charge in [0.15, 0.2) is 0 Å². The summed E-state index contributed by atoms with van der Waals surface area (Å²) >= 11 is 0. The van der Waals surface area contributed by atoms with Crippen LogP contribution in [0.4, 0.5) is 0 Å². The molecule has 0 aliphatic carbocycles. The molecule has 2 heteroatoms. The van der Waals surface area contributed by atoms with Crippen LogP contribution in [0.2, 0.25) is 0 Å². The molecular weight excluding hydrogens is 436 g/mol. The van der Waals surface area contributed by atoms with Crippen molar-refractivity contribution in [2.24, 2.45) is 0 Å². The summed E-state index contributed by atoms with van der Waals surface area (Å²) in [5.41, 5.74) is 5.83. The number of benzene rings is 4. The minimum Gasteiger partial charge on any atom is -0.292 e. The lowest BCUT2D eigenvalue weighted by molar-refractivity contribution is 0.386. The summed E-state index contributed by atoms with van der Waals surface area (Å²) in [6.45, 7) is 2.32. The summed E-state index contributed by atoms with van der Waals surface area (Å²) in [7, 11) is 0. The second kappa shape index (κ2) is 10.8. The highest BCUT2D eigenvalue weighted by atomic mass is 15.4. The molecule has 0 aromatic heterocycles. The molecule has 0 unspecified atom stereocenters. The molecule has 182 valence electrons. The molecule has 36 heavy (non-hydrogen) atoms. The van der Waals surface area contributed by atoms with Crippen molar-refractivity contribution in [1.29, 1.82) is 0 Å². The molecule has 4 atom stereocenters. The van der Waals surface area contributed by atoms with Crippen molar-refractivity contribution >= 4 is 0 Å². The van der Waals surface area contributed by atoms with Crippen LogP contribution in [0.3, 0.4) is 0 Å². The molecule has 0 radical (unpaired) electrons. The second-order valence-electron chi connectivity index (χ2n) is 10.5. The van der Waals surface area contributed by atoms with Crippen molar-refractivity contribution in [2.45, 2.75) is 49.9 Å². The lowest BCUT2D eigenvalue weighted by atomic mass is 10.0. The smallest absolute Gasteiger partial charge is 0.0299 e. The predicted octanol–water partition coefficient (Wildman–Crippen LogP) is 6.06. The summed E-state index contributed by atoms with van der Waals surface area (Å²) in [5.74, 6) is 0. The third-order valence-electron chi connectivity index (χ3n) is 8.18. The molecule has 2 aliphatic rings. The van der Waals surface area contributed by atoms with Gasteiger partial charge in [-0.1, -0.05) is 121 Å². The van der Waals surface area contributed by atoms with Crippen molar-refractivity contribution in [1.82, 2.24) is 9.80 Å². The van der Waals surface area contributed by atoms with Gasteiger partial charge in [0.05, 0.1) is 0 Å². The van der Waals surface area contributed by atoms with Crippen LogP contribution in [-0.2, 0) is 25.7 Å². The van der Waals surface area contributed by atoms with Gasteiger partial charge < -0.3 is 0 Å². The minimum atomic E-state index is 0.646. The molecule has 0 N–H and O–H groups in total. The Kier molecular flexibility index (Phi) is 6.98. The van der Waals surface area contributed by atoms with Crippen LogP contribution in [0.1, 0.15) is 22.3 Å². The monoisotopic (exact) mass is 472 g/mol. The SMILES string of the molecule is c1ccc(C[C@H]2[C@H](Cc3ccccc3)N2CCN2[C@@H](Cc3ccccc3)[C@@H]2Cc2ccccc2)cc1. The maximum Gasteiger partial charge on any atom is 0.0299 e. The quantitative estimate of drug-likeness (QED) is 0.245. The zero-order valence-corrected chi connectivity index (χ0v) is 21.0. The van der Waals surface area contributed by atoms with Crippen LogP contribution in [0.25, 0.3) is 0 Å². The Labute approximate surface area is 216 Å². The normalized spacial score (nSPS) is 26.4. The summed E-state index contributed by atoms with van der Waals surface area (Å²) in [5, 5.41) is 0. The van der Waals surface area contributed by atoms with Gasteiger partial charge in [0.2, 0.25) is 0 Å². The van der Waals surface area contributed by atoms with Crippen LogP contribution in [0.15, 0.2) is 121 Å². The van der Waals surface area contributed by atoms with Gasteiger partial charge in [-0.15, -0.1) is 0 Å². The maximum absolute atomic E-state index is 2.76. The Hall–Kier alpha value is -3.20. The molecule has 2 nitrogen and oxygen atoms in total. The molecular formula is C34H36N2. The summed E-state index contributed by atoms with van der Waals surface area (Å²) in [4.78, 5) is 5.52. The molecule has 0 amide bonds. The second-order valence-corrected chi connectivity index (χ2v) is 10.5. The highest BCUT2D eigenvalue weighted by Gasteiger charge is 2.50. The summed E-state index contributed by atoms with van der Waals surface area (Å²) in [6, 6.07) is 46.7. The molecule has 2 saturated heterocycles. The van der Waals surface area contributed by atoms with E-state index in [0.717, 1.165) is 38.8 Å². The van der Waals surface area contributed by atoms with Gasteiger partial charge in [0.25, 0.3) is 0 Å². The average molecular weight is 473 g/mol. The van der Waals surface area contributed by atoms with E-state index in [1.54, 1.807) is 0 Å². The number of rotatable bonds is 11. The zero-order chi connectivity index (χ0) is 24.2. The van der Waals surface area contributed by atoms with E-state index in [4.69, 9.17) is 0 Å². The van der Waals surface area contributed by atoms with E-state index < -0.39 is 0 Å². The Morgan fingerprint density at radius 2 is 0.556 bits per heavy atom. The molecule has 0 saturated carbocycles. The molecule has 4 aromatic rings. The largest absolute Gasteiger partial charge is 0.292 e. The number of hydrogen-bond acceptors (Lipinski definition) is 2. The minimum absolute atomic E-state index is 0.646. The maximum atomic E-state index is 2.76. The van der Waals surface area contributed by atoms with E-state index in [-0.39, 0.29) is 0 Å². The van der Waals surface area contributed by atoms with Crippen molar-refractivity contribution in [3.63, 3.8) is 0 Å². The predicted molar refractivity (Wildman–Crippen MR) is 149 cm³/mol. The van der Waals surface area contributed by atoms with Crippen molar-refractivity contribution in [2.75, 3.05) is 13.1 Å². The van der Waals surface area contributed by atoms with Gasteiger partial charge in [-0.05, 0) is 47.9 Å². The van der Waals surface area contributed by atoms with Crippen LogP contribution in [0.5, 0.6) is 0 Å². The van der Waals surface area contributed by atoms with E-state index >= 15 is 0 Å². The van der Waals surface area contributed by atoms with Gasteiger partial charge in [-0.3, -0.25) is 9.80 Å². The molecule has 2 heterocycles. The highest BCUT2D eigenvalue weighted by Crippen LogP contribution is 2.37.